The van der Waals surface area contributed by atoms with Crippen LogP contribution in [0.4, 0.5) is 0 Å². The maximum atomic E-state index is 6.58. The lowest BCUT2D eigenvalue weighted by molar-refractivity contribution is 0.416. The van der Waals surface area contributed by atoms with Crippen LogP contribution in [-0.4, -0.2) is 0 Å². The molecule has 2 aromatic carbocycles. The first kappa shape index (κ1) is 13.8. The fourth-order valence-corrected chi connectivity index (χ4v) is 3.40. The van der Waals surface area contributed by atoms with Gasteiger partial charge in [0.05, 0.1) is 6.04 Å². The van der Waals surface area contributed by atoms with Crippen LogP contribution in [0.2, 0.25) is 0 Å². The van der Waals surface area contributed by atoms with Crippen molar-refractivity contribution in [2.24, 2.45) is 5.73 Å². The van der Waals surface area contributed by atoms with Gasteiger partial charge >= 0.3 is 0 Å². The summed E-state index contributed by atoms with van der Waals surface area (Å²) >= 11 is 3.60. The van der Waals surface area contributed by atoms with Crippen molar-refractivity contribution in [3.8, 4) is 0 Å². The van der Waals surface area contributed by atoms with Crippen LogP contribution < -0.4 is 5.73 Å². The molecular formula is C18H20BrN. The Labute approximate surface area is 129 Å². The fraction of sp³-hybridized carbons (Fsp3) is 0.333. The van der Waals surface area contributed by atoms with Gasteiger partial charge in [0.25, 0.3) is 0 Å². The maximum Gasteiger partial charge on any atom is 0.0557 e. The van der Waals surface area contributed by atoms with Crippen molar-refractivity contribution in [3.63, 3.8) is 0 Å². The molecule has 2 N–H and O–H groups in total. The van der Waals surface area contributed by atoms with E-state index in [2.05, 4.69) is 65.3 Å². The van der Waals surface area contributed by atoms with Crippen LogP contribution in [0.25, 0.3) is 0 Å². The molecule has 1 aliphatic carbocycles. The molecule has 0 heterocycles. The highest BCUT2D eigenvalue weighted by molar-refractivity contribution is 9.10. The summed E-state index contributed by atoms with van der Waals surface area (Å²) in [7, 11) is 0. The lowest BCUT2D eigenvalue weighted by Gasteiger charge is -2.30. The molecule has 2 aromatic rings. The number of halogens is 1. The molecule has 104 valence electrons. The minimum Gasteiger partial charge on any atom is -0.320 e. The molecule has 1 atom stereocenters. The van der Waals surface area contributed by atoms with Crippen LogP contribution in [0, 0.1) is 6.92 Å². The highest BCUT2D eigenvalue weighted by atomic mass is 79.9. The summed E-state index contributed by atoms with van der Waals surface area (Å²) in [5, 5.41) is 0. The van der Waals surface area contributed by atoms with Crippen molar-refractivity contribution in [1.82, 2.24) is 0 Å². The second-order valence-electron chi connectivity index (χ2n) is 5.69. The number of nitrogens with two attached hydrogens (primary N) is 1. The molecule has 0 saturated heterocycles. The van der Waals surface area contributed by atoms with Gasteiger partial charge in [-0.1, -0.05) is 58.7 Å². The quantitative estimate of drug-likeness (QED) is 0.835. The van der Waals surface area contributed by atoms with Crippen molar-refractivity contribution in [3.05, 3.63) is 69.2 Å². The third-order valence-corrected chi connectivity index (χ3v) is 5.38. The van der Waals surface area contributed by atoms with Gasteiger partial charge in [0.2, 0.25) is 0 Å². The largest absolute Gasteiger partial charge is 0.320 e. The number of hydrogen-bond donors (Lipinski definition) is 1. The van der Waals surface area contributed by atoms with Crippen molar-refractivity contribution in [1.29, 1.82) is 0 Å². The Morgan fingerprint density at radius 2 is 1.75 bits per heavy atom. The average Bonchev–Trinajstić information content (AvgIpc) is 2.40. The molecule has 0 amide bonds. The van der Waals surface area contributed by atoms with Crippen LogP contribution in [-0.2, 0) is 0 Å². The summed E-state index contributed by atoms with van der Waals surface area (Å²) in [6, 6.07) is 14.9. The van der Waals surface area contributed by atoms with E-state index in [4.69, 9.17) is 5.73 Å². The average molecular weight is 330 g/mol. The van der Waals surface area contributed by atoms with Crippen molar-refractivity contribution in [2.45, 2.75) is 38.1 Å². The molecular weight excluding hydrogens is 310 g/mol. The van der Waals surface area contributed by atoms with Crippen LogP contribution in [0.1, 0.15) is 53.5 Å². The van der Waals surface area contributed by atoms with Gasteiger partial charge in [0.15, 0.2) is 0 Å². The predicted molar refractivity (Wildman–Crippen MR) is 87.9 cm³/mol. The van der Waals surface area contributed by atoms with Crippen molar-refractivity contribution >= 4 is 15.9 Å². The molecule has 1 saturated carbocycles. The summed E-state index contributed by atoms with van der Waals surface area (Å²) in [6.07, 6.45) is 3.96. The summed E-state index contributed by atoms with van der Waals surface area (Å²) < 4.78 is 1.13. The third-order valence-electron chi connectivity index (χ3n) is 4.52. The molecule has 0 spiro atoms. The molecule has 3 rings (SSSR count). The summed E-state index contributed by atoms with van der Waals surface area (Å²) in [6.45, 7) is 2.13. The smallest absolute Gasteiger partial charge is 0.0557 e. The van der Waals surface area contributed by atoms with E-state index in [1.807, 2.05) is 0 Å². The van der Waals surface area contributed by atoms with Crippen LogP contribution in [0.15, 0.2) is 46.9 Å². The zero-order chi connectivity index (χ0) is 14.1. The van der Waals surface area contributed by atoms with Crippen LogP contribution >= 0.6 is 15.9 Å². The van der Waals surface area contributed by atoms with Gasteiger partial charge in [-0.05, 0) is 54.0 Å². The molecule has 1 unspecified atom stereocenters. The van der Waals surface area contributed by atoms with Gasteiger partial charge in [-0.3, -0.25) is 0 Å². The molecule has 0 aliphatic heterocycles. The number of rotatable bonds is 3. The monoisotopic (exact) mass is 329 g/mol. The van der Waals surface area contributed by atoms with E-state index in [1.165, 1.54) is 41.5 Å². The normalized spacial score (nSPS) is 16.8. The van der Waals surface area contributed by atoms with Crippen molar-refractivity contribution < 1.29 is 0 Å². The zero-order valence-corrected chi connectivity index (χ0v) is 13.4. The maximum absolute atomic E-state index is 6.58. The van der Waals surface area contributed by atoms with Gasteiger partial charge in [0.1, 0.15) is 0 Å². The number of benzene rings is 2. The Balaban J connectivity index is 2.02. The lowest BCUT2D eigenvalue weighted by Crippen LogP contribution is -2.19. The highest BCUT2D eigenvalue weighted by Crippen LogP contribution is 2.40. The molecule has 1 fully saturated rings. The lowest BCUT2D eigenvalue weighted by atomic mass is 9.76. The predicted octanol–water partition coefficient (Wildman–Crippen LogP) is 5.07. The van der Waals surface area contributed by atoms with E-state index in [0.29, 0.717) is 5.92 Å². The van der Waals surface area contributed by atoms with Gasteiger partial charge in [-0.2, -0.15) is 0 Å². The minimum absolute atomic E-state index is 0.0377. The first-order valence-corrected chi connectivity index (χ1v) is 8.07. The molecule has 1 nitrogen and oxygen atoms in total. The van der Waals surface area contributed by atoms with E-state index in [1.54, 1.807) is 0 Å². The Bertz CT molecular complexity index is 617. The first-order valence-electron chi connectivity index (χ1n) is 7.28. The van der Waals surface area contributed by atoms with E-state index in [-0.39, 0.29) is 6.04 Å². The Morgan fingerprint density at radius 3 is 2.45 bits per heavy atom. The summed E-state index contributed by atoms with van der Waals surface area (Å²) in [5.41, 5.74) is 11.8. The SMILES string of the molecule is Cc1c(Br)cccc1C(N)c1ccccc1C1CCC1. The second-order valence-corrected chi connectivity index (χ2v) is 6.54. The van der Waals surface area contributed by atoms with Crippen LogP contribution in [0.3, 0.4) is 0 Å². The van der Waals surface area contributed by atoms with E-state index in [0.717, 1.165) is 4.47 Å². The van der Waals surface area contributed by atoms with Gasteiger partial charge in [-0.15, -0.1) is 0 Å². The molecule has 0 radical (unpaired) electrons. The van der Waals surface area contributed by atoms with E-state index in [9.17, 15) is 0 Å². The van der Waals surface area contributed by atoms with Gasteiger partial charge < -0.3 is 5.73 Å². The topological polar surface area (TPSA) is 26.0 Å². The zero-order valence-electron chi connectivity index (χ0n) is 11.8. The minimum atomic E-state index is -0.0377. The Hall–Kier alpha value is -1.12. The Kier molecular flexibility index (Phi) is 3.95. The van der Waals surface area contributed by atoms with Gasteiger partial charge in [0, 0.05) is 4.47 Å². The fourth-order valence-electron chi connectivity index (χ4n) is 3.01. The summed E-state index contributed by atoms with van der Waals surface area (Å²) in [5.74, 6) is 0.713. The van der Waals surface area contributed by atoms with E-state index < -0.39 is 0 Å². The second kappa shape index (κ2) is 5.71. The third kappa shape index (κ3) is 2.43. The Morgan fingerprint density at radius 1 is 1.05 bits per heavy atom. The number of hydrogen-bond acceptors (Lipinski definition) is 1. The standard InChI is InChI=1S/C18H20BrN/c1-12-14(10-5-11-17(12)19)18(20)16-9-3-2-8-15(16)13-6-4-7-13/h2-3,5,8-11,13,18H,4,6-7,20H2,1H3. The molecule has 2 heteroatoms. The molecule has 1 aliphatic rings. The van der Waals surface area contributed by atoms with E-state index >= 15 is 0 Å². The summed E-state index contributed by atoms with van der Waals surface area (Å²) in [4.78, 5) is 0. The van der Waals surface area contributed by atoms with Crippen LogP contribution in [0.5, 0.6) is 0 Å². The molecule has 0 bridgehead atoms. The van der Waals surface area contributed by atoms with Gasteiger partial charge in [-0.25, -0.2) is 0 Å². The molecule has 0 aromatic heterocycles. The first-order chi connectivity index (χ1) is 9.68. The van der Waals surface area contributed by atoms with Crippen molar-refractivity contribution in [2.75, 3.05) is 0 Å². The molecule has 20 heavy (non-hydrogen) atoms. The highest BCUT2D eigenvalue weighted by Gasteiger charge is 2.24.